The zero-order valence-electron chi connectivity index (χ0n) is 22.8. The number of benzene rings is 3. The minimum Gasteiger partial charge on any atom is -0.237 e. The smallest absolute Gasteiger partial charge is 0.237 e. The van der Waals surface area contributed by atoms with Gasteiger partial charge in [-0.25, -0.2) is 58.0 Å². The summed E-state index contributed by atoms with van der Waals surface area (Å²) >= 11 is 0. The highest BCUT2D eigenvalue weighted by Crippen LogP contribution is 2.58. The number of nitrogens with zero attached hydrogens (tertiary/aromatic N) is 6. The number of halogens is 11. The fraction of sp³-hybridized carbons (Fsp3) is 0.0323. The molecule has 0 bridgehead atoms. The predicted molar refractivity (Wildman–Crippen MR) is 138 cm³/mol. The van der Waals surface area contributed by atoms with Gasteiger partial charge in [-0.2, -0.15) is 21.0 Å². The second-order valence-electron chi connectivity index (χ2n) is 9.20. The van der Waals surface area contributed by atoms with Gasteiger partial charge in [0.1, 0.15) is 35.7 Å². The van der Waals surface area contributed by atoms with Crippen molar-refractivity contribution in [3.8, 4) is 24.3 Å². The van der Waals surface area contributed by atoms with Crippen LogP contribution in [-0.4, -0.2) is 0 Å². The first kappa shape index (κ1) is 33.9. The summed E-state index contributed by atoms with van der Waals surface area (Å²) in [6, 6.07) is 4.13. The van der Waals surface area contributed by atoms with Gasteiger partial charge in [0.05, 0.1) is 46.5 Å². The number of hydrogen-bond acceptors (Lipinski definition) is 4. The fourth-order valence-electron chi connectivity index (χ4n) is 4.64. The highest BCUT2D eigenvalue weighted by molar-refractivity contribution is 6.11. The van der Waals surface area contributed by atoms with E-state index in [0.29, 0.717) is 0 Å². The molecule has 0 unspecified atom stereocenters. The van der Waals surface area contributed by atoms with E-state index in [9.17, 15) is 32.5 Å². The lowest BCUT2D eigenvalue weighted by atomic mass is 9.96. The molecule has 1 fully saturated rings. The Labute approximate surface area is 260 Å². The Morgan fingerprint density at radius 2 is 0.875 bits per heavy atom. The van der Waals surface area contributed by atoms with E-state index in [2.05, 4.69) is 9.69 Å². The summed E-state index contributed by atoms with van der Waals surface area (Å²) in [5.74, 6) is -25.6. The van der Waals surface area contributed by atoms with Crippen LogP contribution in [0, 0.1) is 129 Å². The molecular weight excluding hydrogens is 665 g/mol. The van der Waals surface area contributed by atoms with Crippen LogP contribution < -0.4 is 0 Å². The monoisotopic (exact) mass is 668 g/mol. The Morgan fingerprint density at radius 1 is 0.500 bits per heavy atom. The molecule has 0 amide bonds. The molecule has 1 aliphatic rings. The molecule has 6 nitrogen and oxygen atoms in total. The van der Waals surface area contributed by atoms with E-state index in [1.165, 1.54) is 0 Å². The lowest BCUT2D eigenvalue weighted by Gasteiger charge is -2.09. The lowest BCUT2D eigenvalue weighted by Crippen LogP contribution is -2.06. The van der Waals surface area contributed by atoms with Crippen molar-refractivity contribution in [2.24, 2.45) is 0 Å². The van der Waals surface area contributed by atoms with Crippen LogP contribution in [0.5, 0.6) is 0 Å². The molecular formula is C31H3F11N6. The Morgan fingerprint density at radius 3 is 1.25 bits per heavy atom. The summed E-state index contributed by atoms with van der Waals surface area (Å²) in [7, 11) is 0. The molecule has 0 saturated heterocycles. The van der Waals surface area contributed by atoms with Crippen molar-refractivity contribution in [2.75, 3.05) is 0 Å². The van der Waals surface area contributed by atoms with E-state index in [1.54, 1.807) is 0 Å². The average molecular weight is 668 g/mol. The first-order chi connectivity index (χ1) is 22.6. The number of allylic oxidation sites excluding steroid dienone is 5. The zero-order chi connectivity index (χ0) is 36.1. The molecule has 0 N–H and O–H groups in total. The standard InChI is InChI=1S/C31H3F11N6/c1-8-9(4-43)20(33)23(36)15(19(8)32)10(5-44)13-14(11(6-45)16-24(37)28(41)31(48-3)29(42)25(16)38)17(13)30(47-2)18-26(39)21(34)12(7-46)22(35)27(18)40/h1H3. The minimum atomic E-state index is -2.46. The summed E-state index contributed by atoms with van der Waals surface area (Å²) in [5, 5.41) is 37.7. The summed E-state index contributed by atoms with van der Waals surface area (Å²) in [4.78, 5) is 4.95. The second-order valence-corrected chi connectivity index (χ2v) is 9.20. The topological polar surface area (TPSA) is 104 Å². The quantitative estimate of drug-likeness (QED) is 0.121. The maximum Gasteiger partial charge on any atom is 0.262 e. The van der Waals surface area contributed by atoms with E-state index in [0.717, 1.165) is 31.2 Å². The summed E-state index contributed by atoms with van der Waals surface area (Å²) < 4.78 is 164. The van der Waals surface area contributed by atoms with Crippen LogP contribution in [0.25, 0.3) is 26.5 Å². The summed E-state index contributed by atoms with van der Waals surface area (Å²) in [6.45, 7) is 14.9. The highest BCUT2D eigenvalue weighted by atomic mass is 19.2. The van der Waals surface area contributed by atoms with Crippen LogP contribution in [0.2, 0.25) is 0 Å². The molecule has 3 aromatic carbocycles. The van der Waals surface area contributed by atoms with E-state index in [1.807, 2.05) is 0 Å². The molecule has 4 rings (SSSR count). The Balaban J connectivity index is 2.38. The molecule has 1 saturated carbocycles. The van der Waals surface area contributed by atoms with E-state index < -0.39 is 137 Å². The van der Waals surface area contributed by atoms with Crippen LogP contribution in [-0.2, 0) is 0 Å². The zero-order valence-corrected chi connectivity index (χ0v) is 22.8. The summed E-state index contributed by atoms with van der Waals surface area (Å²) in [6.07, 6.45) is 0. The normalized spacial score (nSPS) is 14.9. The summed E-state index contributed by atoms with van der Waals surface area (Å²) in [5.41, 5.74) is -20.2. The van der Waals surface area contributed by atoms with E-state index in [4.69, 9.17) is 23.7 Å². The van der Waals surface area contributed by atoms with Gasteiger partial charge in [-0.15, -0.1) is 0 Å². The third-order valence-electron chi connectivity index (χ3n) is 6.89. The van der Waals surface area contributed by atoms with Crippen molar-refractivity contribution in [3.05, 3.63) is 137 Å². The first-order valence-corrected chi connectivity index (χ1v) is 12.1. The first-order valence-electron chi connectivity index (χ1n) is 12.1. The van der Waals surface area contributed by atoms with Gasteiger partial charge >= 0.3 is 0 Å². The average Bonchev–Trinajstić information content (AvgIpc) is 3.78. The van der Waals surface area contributed by atoms with Crippen molar-refractivity contribution in [1.82, 2.24) is 0 Å². The minimum absolute atomic E-state index is 0.730. The lowest BCUT2D eigenvalue weighted by molar-refractivity contribution is 0.446. The van der Waals surface area contributed by atoms with Gasteiger partial charge < -0.3 is 0 Å². The molecule has 17 heteroatoms. The van der Waals surface area contributed by atoms with Gasteiger partial charge in [-0.05, 0) is 23.6 Å². The maximum atomic E-state index is 15.4. The molecule has 3 aromatic rings. The molecule has 48 heavy (non-hydrogen) atoms. The Bertz CT molecular complexity index is 2060. The van der Waals surface area contributed by atoms with Crippen molar-refractivity contribution < 1.29 is 48.3 Å². The van der Waals surface area contributed by atoms with Crippen LogP contribution in [0.15, 0.2) is 16.7 Å². The second kappa shape index (κ2) is 12.1. The molecule has 0 spiro atoms. The molecule has 0 aliphatic heterocycles. The van der Waals surface area contributed by atoms with Gasteiger partial charge in [0.25, 0.3) is 5.69 Å². The van der Waals surface area contributed by atoms with Gasteiger partial charge in [0, 0.05) is 5.56 Å². The molecule has 1 aliphatic carbocycles. The Hall–Kier alpha value is -6.95. The molecule has 0 aromatic heterocycles. The van der Waals surface area contributed by atoms with Gasteiger partial charge in [-0.1, -0.05) is 0 Å². The van der Waals surface area contributed by atoms with E-state index >= 15 is 26.3 Å². The number of hydrogen-bond donors (Lipinski definition) is 0. The third kappa shape index (κ3) is 4.58. The van der Waals surface area contributed by atoms with Gasteiger partial charge in [0.2, 0.25) is 5.70 Å². The van der Waals surface area contributed by atoms with Crippen molar-refractivity contribution in [3.63, 3.8) is 0 Å². The third-order valence-corrected chi connectivity index (χ3v) is 6.89. The van der Waals surface area contributed by atoms with Crippen molar-refractivity contribution in [2.45, 2.75) is 6.92 Å². The predicted octanol–water partition coefficient (Wildman–Crippen LogP) is 8.42. The SMILES string of the molecule is [C-]#[N+]C(=C1C(=C(C#N)c2c(F)c(C)c(C#N)c(F)c2F)C1=C(C#N)c1c(F)c(F)c([N+]#[C-])c(F)c1F)c1c(F)c(F)c(C#N)c(F)c1F. The maximum absolute atomic E-state index is 15.4. The largest absolute Gasteiger partial charge is 0.262 e. The van der Waals surface area contributed by atoms with Crippen LogP contribution in [0.4, 0.5) is 54.0 Å². The van der Waals surface area contributed by atoms with Crippen molar-refractivity contribution >= 4 is 22.5 Å². The van der Waals surface area contributed by atoms with Gasteiger partial charge in [0.15, 0.2) is 58.2 Å². The van der Waals surface area contributed by atoms with Gasteiger partial charge in [-0.3, -0.25) is 0 Å². The van der Waals surface area contributed by atoms with Crippen LogP contribution in [0.1, 0.15) is 33.4 Å². The van der Waals surface area contributed by atoms with Crippen LogP contribution in [0.3, 0.4) is 0 Å². The van der Waals surface area contributed by atoms with Crippen molar-refractivity contribution in [1.29, 1.82) is 21.0 Å². The number of nitriles is 4. The number of rotatable bonds is 3. The molecule has 234 valence electrons. The molecule has 0 heterocycles. The fourth-order valence-corrected chi connectivity index (χ4v) is 4.64. The van der Waals surface area contributed by atoms with Crippen LogP contribution >= 0.6 is 0 Å². The Kier molecular flexibility index (Phi) is 8.55. The van der Waals surface area contributed by atoms with E-state index in [-0.39, 0.29) is 0 Å². The molecule has 0 atom stereocenters. The molecule has 0 radical (unpaired) electrons. The highest BCUT2D eigenvalue weighted by Gasteiger charge is 2.46.